The normalized spacial score (nSPS) is 21.5. The van der Waals surface area contributed by atoms with E-state index < -0.39 is 115 Å². The number of hydrogen-bond acceptors (Lipinski definition) is 15. The molecule has 9 rings (SSSR count). The van der Waals surface area contributed by atoms with Crippen LogP contribution in [0.3, 0.4) is 0 Å². The Bertz CT molecular complexity index is 3350. The van der Waals surface area contributed by atoms with Gasteiger partial charge in [-0.15, -0.1) is 22.7 Å². The quantitative estimate of drug-likeness (QED) is 0.0387. The first kappa shape index (κ1) is 62.9. The number of fused-ring (bicyclic) bond motifs is 2. The van der Waals surface area contributed by atoms with Crippen molar-refractivity contribution in [3.63, 3.8) is 0 Å². The first-order chi connectivity index (χ1) is 40.2. The lowest BCUT2D eigenvalue weighted by Gasteiger charge is -2.51. The van der Waals surface area contributed by atoms with E-state index in [4.69, 9.17) is 9.47 Å². The van der Waals surface area contributed by atoms with E-state index in [1.165, 1.54) is 17.0 Å². The molecule has 22 nitrogen and oxygen atoms in total. The number of β-amino-alcohol motifs (C(OH)–C–C–N with tert-alkyl or cyclic N) is 1. The van der Waals surface area contributed by atoms with Crippen LogP contribution in [-0.4, -0.2) is 163 Å². The summed E-state index contributed by atoms with van der Waals surface area (Å²) in [4.78, 5) is 130. The van der Waals surface area contributed by atoms with Crippen LogP contribution in [0.5, 0.6) is 0 Å². The van der Waals surface area contributed by atoms with Crippen molar-refractivity contribution in [1.82, 2.24) is 45.9 Å². The highest BCUT2D eigenvalue weighted by Crippen LogP contribution is 2.59. The van der Waals surface area contributed by atoms with E-state index >= 15 is 0 Å². The van der Waals surface area contributed by atoms with Gasteiger partial charge in [-0.3, -0.25) is 43.1 Å². The zero-order valence-electron chi connectivity index (χ0n) is 47.6. The lowest BCUT2D eigenvalue weighted by atomic mass is 9.84. The number of carbonyl (C=O) groups excluding carboxylic acids is 7. The summed E-state index contributed by atoms with van der Waals surface area (Å²) in [6, 6.07) is 12.7. The van der Waals surface area contributed by atoms with Crippen LogP contribution in [0.15, 0.2) is 78.4 Å². The highest BCUT2D eigenvalue weighted by molar-refractivity contribution is 7.52. The van der Waals surface area contributed by atoms with Crippen molar-refractivity contribution in [2.24, 2.45) is 5.41 Å². The Balaban J connectivity index is 0.743. The number of benzene rings is 2. The maximum Gasteiger partial charge on any atom is 0.399 e. The molecule has 5 aromatic rings. The van der Waals surface area contributed by atoms with Gasteiger partial charge >= 0.3 is 13.3 Å². The van der Waals surface area contributed by atoms with Crippen LogP contribution >= 0.6 is 30.3 Å². The van der Waals surface area contributed by atoms with Crippen molar-refractivity contribution in [2.45, 2.75) is 133 Å². The summed E-state index contributed by atoms with van der Waals surface area (Å²) in [7, 11) is -5.84. The van der Waals surface area contributed by atoms with Gasteiger partial charge in [0.05, 0.1) is 65.1 Å². The highest BCUT2D eigenvalue weighted by Gasteiger charge is 2.54. The SMILES string of the molecule is Cc1ncsc1-c1ccc([C@H](C)NC(=O)[C@@H]2C[C@@H](O)CN2C(=O)[C@@H](NC(=O)COCCOCC(=O)NC2(c3ccccn3)CN(C(=O)[C@@H]3CC[C@H]4CCCCC(NC(=O)c5cc6cc(C(F)(F)P(=O)(O)O)ccc6s5)C(=O)N43)C2)C(C)(C)C)cc1. The van der Waals surface area contributed by atoms with E-state index in [2.05, 4.69) is 31.2 Å². The number of thiazole rings is 1. The fourth-order valence-electron chi connectivity index (χ4n) is 11.5. The summed E-state index contributed by atoms with van der Waals surface area (Å²) < 4.78 is 52.2. The molecule has 7 atom stereocenters. The van der Waals surface area contributed by atoms with Crippen molar-refractivity contribution in [3.8, 4) is 10.4 Å². The lowest BCUT2D eigenvalue weighted by Crippen LogP contribution is -2.71. The molecule has 0 radical (unpaired) electrons. The minimum Gasteiger partial charge on any atom is -0.391 e. The van der Waals surface area contributed by atoms with Crippen LogP contribution in [0.4, 0.5) is 8.78 Å². The second kappa shape index (κ2) is 25.7. The molecule has 1 unspecified atom stereocenters. The molecule has 0 saturated carbocycles. The zero-order valence-corrected chi connectivity index (χ0v) is 50.2. The van der Waals surface area contributed by atoms with Crippen molar-refractivity contribution in [1.29, 1.82) is 0 Å². The molecule has 3 aromatic heterocycles. The number of nitrogens with one attached hydrogen (secondary N) is 4. The Labute approximate surface area is 497 Å². The Kier molecular flexibility index (Phi) is 19.0. The highest BCUT2D eigenvalue weighted by atomic mass is 32.1. The number of rotatable bonds is 20. The van der Waals surface area contributed by atoms with Gasteiger partial charge in [-0.05, 0) is 91.8 Å². The fourth-order valence-corrected chi connectivity index (χ4v) is 13.8. The number of amides is 7. The van der Waals surface area contributed by atoms with Crippen molar-refractivity contribution in [3.05, 3.63) is 106 Å². The molecule has 4 fully saturated rings. The van der Waals surface area contributed by atoms with Gasteiger partial charge in [-0.1, -0.05) is 70.0 Å². The van der Waals surface area contributed by atoms with Gasteiger partial charge in [-0.2, -0.15) is 8.78 Å². The average molecular weight is 1230 g/mol. The molecular weight excluding hydrogens is 1160 g/mol. The summed E-state index contributed by atoms with van der Waals surface area (Å²) in [5.74, 6) is -3.52. The van der Waals surface area contributed by atoms with Crippen molar-refractivity contribution in [2.75, 3.05) is 46.1 Å². The summed E-state index contributed by atoms with van der Waals surface area (Å²) in [5.41, 5.74) is -2.20. The van der Waals surface area contributed by atoms with E-state index in [0.29, 0.717) is 36.1 Å². The van der Waals surface area contributed by atoms with E-state index in [1.54, 1.807) is 71.8 Å². The number of aliphatic hydroxyl groups excluding tert-OH is 1. The minimum absolute atomic E-state index is 0.0218. The van der Waals surface area contributed by atoms with Gasteiger partial charge in [0.2, 0.25) is 35.4 Å². The van der Waals surface area contributed by atoms with Crippen LogP contribution < -0.4 is 21.3 Å². The zero-order chi connectivity index (χ0) is 61.2. The predicted molar refractivity (Wildman–Crippen MR) is 310 cm³/mol. The number of likely N-dealkylation sites (tertiary alicyclic amines) is 2. The summed E-state index contributed by atoms with van der Waals surface area (Å²) in [6.07, 6.45) is 3.83. The topological polar surface area (TPSA) is 299 Å². The van der Waals surface area contributed by atoms with Crippen LogP contribution in [0.1, 0.15) is 111 Å². The lowest BCUT2D eigenvalue weighted by molar-refractivity contribution is -0.154. The minimum atomic E-state index is -5.84. The molecular formula is C58H70F2N9O13PS2. The number of aryl methyl sites for hydroxylation is 1. The number of halogens is 2. The van der Waals surface area contributed by atoms with Gasteiger partial charge < -0.3 is 60.3 Å². The molecule has 27 heteroatoms. The van der Waals surface area contributed by atoms with E-state index in [1.807, 2.05) is 38.1 Å². The molecule has 7 N–H and O–H groups in total. The standard InChI is InChI=1S/C58H70F2N9O13PS2/c1-33(35-13-15-36(16-14-35)49-34(2)62-32-84-49)63-51(73)43-26-40(70)27-68(43)55(77)50(56(3,4)5)65-47(71)28-81-22-23-82-29-48(72)66-57(46-12-8-9-21-61-46)30-67(31-57)54(76)42-19-18-39-10-6-7-11-41(53(75)69(39)42)64-52(74)45-25-37-24-38(17-20-44(37)85-45)58(59,60)83(78,79)80/h8-9,12-17,20-21,24-25,32-33,39-43,50,70H,6-7,10-11,18-19,22-23,26-31H2,1-5H3,(H,63,73)(H,64,74)(H,65,71)(H,66,72)(H2,78,79,80)/t33-,39+,40+,41?,42-,43-,50+/m0/s1. The number of aromatic nitrogens is 2. The molecule has 0 spiro atoms. The number of pyridine rings is 1. The van der Waals surface area contributed by atoms with Gasteiger partial charge in [0.15, 0.2) is 0 Å². The van der Waals surface area contributed by atoms with Crippen LogP contribution in [-0.2, 0) is 54.0 Å². The van der Waals surface area contributed by atoms with E-state index in [9.17, 15) is 61.8 Å². The molecule has 2 aromatic carbocycles. The first-order valence-electron chi connectivity index (χ1n) is 28.1. The average Bonchev–Trinajstić information content (AvgIpc) is 3.60. The number of aliphatic hydroxyl groups is 1. The maximum atomic E-state index is 14.5. The second-order valence-electron chi connectivity index (χ2n) is 23.3. The van der Waals surface area contributed by atoms with Crippen molar-refractivity contribution < 1.29 is 71.3 Å². The van der Waals surface area contributed by atoms with Gasteiger partial charge in [0.25, 0.3) is 5.91 Å². The van der Waals surface area contributed by atoms with Gasteiger partial charge in [0, 0.05) is 35.5 Å². The molecule has 0 bridgehead atoms. The van der Waals surface area contributed by atoms with E-state index in [-0.39, 0.29) is 67.9 Å². The van der Waals surface area contributed by atoms with Crippen LogP contribution in [0.2, 0.25) is 0 Å². The largest absolute Gasteiger partial charge is 0.399 e. The molecule has 4 aliphatic rings. The molecule has 4 aliphatic heterocycles. The first-order valence-corrected chi connectivity index (χ1v) is 31.4. The molecule has 4 saturated heterocycles. The Morgan fingerprint density at radius 1 is 0.882 bits per heavy atom. The Hall–Kier alpha value is -6.64. The Morgan fingerprint density at radius 2 is 1.59 bits per heavy atom. The smallest absolute Gasteiger partial charge is 0.391 e. The molecule has 456 valence electrons. The molecule has 7 heterocycles. The summed E-state index contributed by atoms with van der Waals surface area (Å²) >= 11 is 2.51. The van der Waals surface area contributed by atoms with Gasteiger partial charge in [0.1, 0.15) is 42.9 Å². The summed E-state index contributed by atoms with van der Waals surface area (Å²) in [6.45, 7) is 7.98. The third kappa shape index (κ3) is 14.0. The van der Waals surface area contributed by atoms with Crippen molar-refractivity contribution >= 4 is 81.7 Å². The number of carbonyl (C=O) groups is 7. The number of alkyl halides is 2. The summed E-state index contributed by atoms with van der Waals surface area (Å²) in [5, 5.41) is 22.4. The number of nitrogens with zero attached hydrogens (tertiary/aromatic N) is 5. The predicted octanol–water partition coefficient (Wildman–Crippen LogP) is 5.24. The third-order valence-electron chi connectivity index (χ3n) is 16.0. The molecule has 85 heavy (non-hydrogen) atoms. The monoisotopic (exact) mass is 1230 g/mol. The van der Waals surface area contributed by atoms with Crippen LogP contribution in [0.25, 0.3) is 20.5 Å². The number of thiophene rings is 1. The Morgan fingerprint density at radius 3 is 2.25 bits per heavy atom. The van der Waals surface area contributed by atoms with Gasteiger partial charge in [-0.25, -0.2) is 4.98 Å². The molecule has 7 amide bonds. The number of ether oxygens (including phenoxy) is 2. The fraction of sp³-hybridized carbons (Fsp3) is 0.500. The maximum absolute atomic E-state index is 14.5. The third-order valence-corrected chi connectivity index (χ3v) is 19.1. The van der Waals surface area contributed by atoms with Crippen LogP contribution in [0, 0.1) is 12.3 Å². The second-order valence-corrected chi connectivity index (χ2v) is 26.9. The van der Waals surface area contributed by atoms with E-state index in [0.717, 1.165) is 51.6 Å². The molecule has 0 aliphatic carbocycles. The number of hydrogen-bond donors (Lipinski definition) is 7.